The second kappa shape index (κ2) is 3.66. The summed E-state index contributed by atoms with van der Waals surface area (Å²) in [6.07, 6.45) is 0. The van der Waals surface area contributed by atoms with Crippen LogP contribution in [0.1, 0.15) is 25.2 Å². The van der Waals surface area contributed by atoms with Crippen LogP contribution < -0.4 is 0 Å². The molecule has 0 atom stereocenters. The molecule has 0 aliphatic carbocycles. The predicted octanol–water partition coefficient (Wildman–Crippen LogP) is 3.80. The molecular weight excluding hydrogens is 350 g/mol. The molecule has 1 heterocycles. The van der Waals surface area contributed by atoms with Crippen molar-refractivity contribution < 1.29 is 0 Å². The van der Waals surface area contributed by atoms with Gasteiger partial charge in [0.15, 0.2) is 0 Å². The molecule has 1 aromatic heterocycles. The van der Waals surface area contributed by atoms with Crippen LogP contribution in [-0.4, -0.2) is 14.5 Å². The topological polar surface area (TPSA) is 0 Å². The van der Waals surface area contributed by atoms with Crippen LogP contribution in [0, 0.1) is 3.57 Å². The second-order valence-electron chi connectivity index (χ2n) is 4.49. The van der Waals surface area contributed by atoms with Crippen LogP contribution in [0.2, 0.25) is 0 Å². The van der Waals surface area contributed by atoms with Crippen LogP contribution in [0.5, 0.6) is 0 Å². The van der Waals surface area contributed by atoms with E-state index in [1.165, 1.54) is 8.96 Å². The molecule has 2 aromatic rings. The molecule has 0 unspecified atom stereocenters. The van der Waals surface area contributed by atoms with E-state index in [0.717, 1.165) is 0 Å². The molecule has 0 bridgehead atoms. The van der Waals surface area contributed by atoms with Crippen LogP contribution in [0.4, 0.5) is 0 Å². The molecule has 74 valence electrons. The van der Waals surface area contributed by atoms with Gasteiger partial charge in [0.05, 0.1) is 0 Å². The van der Waals surface area contributed by atoms with E-state index in [1.54, 1.807) is 8.70 Å². The van der Waals surface area contributed by atoms with Crippen molar-refractivity contribution in [1.82, 2.24) is 0 Å². The third kappa shape index (κ3) is 1.80. The van der Waals surface area contributed by atoms with E-state index in [4.69, 9.17) is 0 Å². The summed E-state index contributed by atoms with van der Waals surface area (Å²) in [5, 5.41) is 1.47. The molecule has 2 heteroatoms. The van der Waals surface area contributed by atoms with Gasteiger partial charge in [-0.3, -0.25) is 0 Å². The number of halogens is 1. The monoisotopic (exact) mass is 364 g/mol. The zero-order valence-electron chi connectivity index (χ0n) is 8.60. The van der Waals surface area contributed by atoms with Gasteiger partial charge in [-0.05, 0) is 0 Å². The summed E-state index contributed by atoms with van der Waals surface area (Å²) in [6.45, 7) is 6.94. The zero-order valence-corrected chi connectivity index (χ0v) is 12.5. The normalized spacial score (nSPS) is 12.3. The second-order valence-corrected chi connectivity index (χ2v) is 7.78. The molecule has 1 aromatic carbocycles. The van der Waals surface area contributed by atoms with Crippen LogP contribution >= 0.6 is 22.6 Å². The van der Waals surface area contributed by atoms with Crippen LogP contribution in [0.15, 0.2) is 24.3 Å². The molecule has 0 spiro atoms. The van der Waals surface area contributed by atoms with Crippen LogP contribution in [0.3, 0.4) is 0 Å². The minimum atomic E-state index is 0.329. The summed E-state index contributed by atoms with van der Waals surface area (Å²) in [5.74, 6) is 0. The van der Waals surface area contributed by atoms with Gasteiger partial charge >= 0.3 is 105 Å². The third-order valence-electron chi connectivity index (χ3n) is 2.22. The first-order chi connectivity index (χ1) is 6.50. The molecule has 0 aliphatic heterocycles. The number of rotatable bonds is 0. The van der Waals surface area contributed by atoms with Crippen molar-refractivity contribution in [2.24, 2.45) is 0 Å². The van der Waals surface area contributed by atoms with Gasteiger partial charge in [0, 0.05) is 0 Å². The zero-order chi connectivity index (χ0) is 10.3. The Morgan fingerprint density at radius 2 is 1.79 bits per heavy atom. The average molecular weight is 363 g/mol. The van der Waals surface area contributed by atoms with E-state index in [1.807, 2.05) is 0 Å². The molecule has 0 N–H and O–H groups in total. The molecule has 0 saturated heterocycles. The van der Waals surface area contributed by atoms with Crippen molar-refractivity contribution in [3.05, 3.63) is 32.3 Å². The summed E-state index contributed by atoms with van der Waals surface area (Å²) in [5.41, 5.74) is 0.329. The Kier molecular flexibility index (Phi) is 2.80. The molecule has 14 heavy (non-hydrogen) atoms. The molecule has 0 aliphatic rings. The molecular formula is C12H13ISe. The quantitative estimate of drug-likeness (QED) is 0.494. The Balaban J connectivity index is 2.75. The summed E-state index contributed by atoms with van der Waals surface area (Å²) >= 11 is 3.05. The number of hydrogen-bond donors (Lipinski definition) is 0. The third-order valence-corrected chi connectivity index (χ3v) is 7.51. The van der Waals surface area contributed by atoms with Gasteiger partial charge in [0.25, 0.3) is 0 Å². The predicted molar refractivity (Wildman–Crippen MR) is 72.3 cm³/mol. The van der Waals surface area contributed by atoms with Gasteiger partial charge < -0.3 is 0 Å². The van der Waals surface area contributed by atoms with Crippen molar-refractivity contribution in [2.45, 2.75) is 26.2 Å². The van der Waals surface area contributed by atoms with Gasteiger partial charge in [-0.1, -0.05) is 0 Å². The summed E-state index contributed by atoms with van der Waals surface area (Å²) in [4.78, 5) is 0. The Morgan fingerprint density at radius 1 is 1.14 bits per heavy atom. The van der Waals surface area contributed by atoms with Gasteiger partial charge in [-0.2, -0.15) is 0 Å². The van der Waals surface area contributed by atoms with Crippen molar-refractivity contribution in [1.29, 1.82) is 0 Å². The van der Waals surface area contributed by atoms with Crippen molar-refractivity contribution in [3.63, 3.8) is 0 Å². The van der Waals surface area contributed by atoms with Crippen molar-refractivity contribution >= 4 is 46.7 Å². The first kappa shape index (κ1) is 10.7. The standard InChI is InChI=1S/C12H13ISe/c1-12(2,3)11-10(13)8-6-4-5-7-9(8)14-11/h4-7H,1-3H3. The Morgan fingerprint density at radius 3 is 2.36 bits per heavy atom. The Bertz CT molecular complexity index is 463. The number of fused-ring (bicyclic) bond motifs is 1. The van der Waals surface area contributed by atoms with E-state index in [2.05, 4.69) is 67.6 Å². The maximum atomic E-state index is 2.51. The van der Waals surface area contributed by atoms with Crippen molar-refractivity contribution in [3.8, 4) is 0 Å². The fourth-order valence-corrected chi connectivity index (χ4v) is 6.18. The van der Waals surface area contributed by atoms with Gasteiger partial charge in [-0.25, -0.2) is 0 Å². The first-order valence-electron chi connectivity index (χ1n) is 4.67. The Hall–Kier alpha value is 0.209. The molecule has 0 nitrogen and oxygen atoms in total. The van der Waals surface area contributed by atoms with E-state index in [-0.39, 0.29) is 0 Å². The maximum absolute atomic E-state index is 2.51. The van der Waals surface area contributed by atoms with E-state index in [0.29, 0.717) is 19.9 Å². The molecule has 2 rings (SSSR count). The van der Waals surface area contributed by atoms with Gasteiger partial charge in [0.1, 0.15) is 0 Å². The minimum absolute atomic E-state index is 0.329. The molecule has 0 radical (unpaired) electrons. The summed E-state index contributed by atoms with van der Waals surface area (Å²) < 4.78 is 4.69. The van der Waals surface area contributed by atoms with Gasteiger partial charge in [-0.15, -0.1) is 0 Å². The van der Waals surface area contributed by atoms with Gasteiger partial charge in [0.2, 0.25) is 0 Å². The molecule has 0 fully saturated rings. The summed E-state index contributed by atoms with van der Waals surface area (Å²) in [7, 11) is 0. The molecule has 0 amide bonds. The van der Waals surface area contributed by atoms with Crippen molar-refractivity contribution in [2.75, 3.05) is 0 Å². The average Bonchev–Trinajstić information content (AvgIpc) is 2.44. The molecule has 0 saturated carbocycles. The summed E-state index contributed by atoms with van der Waals surface area (Å²) in [6, 6.07) is 8.81. The van der Waals surface area contributed by atoms with E-state index in [9.17, 15) is 0 Å². The first-order valence-corrected chi connectivity index (χ1v) is 7.47. The fraction of sp³-hybridized carbons (Fsp3) is 0.333. The number of hydrogen-bond acceptors (Lipinski definition) is 0. The Labute approximate surface area is 105 Å². The van der Waals surface area contributed by atoms with Crippen LogP contribution in [-0.2, 0) is 5.41 Å². The number of benzene rings is 1. The fourth-order valence-electron chi connectivity index (χ4n) is 1.50. The van der Waals surface area contributed by atoms with E-state index < -0.39 is 0 Å². The van der Waals surface area contributed by atoms with E-state index >= 15 is 0 Å². The van der Waals surface area contributed by atoms with Crippen LogP contribution in [0.25, 0.3) is 9.65 Å². The SMILES string of the molecule is CC(C)(C)c1[se]c2ccccc2c1I.